The van der Waals surface area contributed by atoms with Crippen molar-refractivity contribution in [3.05, 3.63) is 0 Å². The summed E-state index contributed by atoms with van der Waals surface area (Å²) in [5, 5.41) is 0. The second-order valence-electron chi connectivity index (χ2n) is 2.39. The van der Waals surface area contributed by atoms with Crippen LogP contribution in [0.15, 0.2) is 0 Å². The van der Waals surface area contributed by atoms with Crippen LogP contribution in [0.4, 0.5) is 35.1 Å². The van der Waals surface area contributed by atoms with Gasteiger partial charge in [-0.3, -0.25) is 0 Å². The second kappa shape index (κ2) is 4.35. The molecule has 0 aliphatic rings. The molecule has 0 aromatic carbocycles. The van der Waals surface area contributed by atoms with E-state index in [1.807, 2.05) is 0 Å². The fraction of sp³-hybridized carbons (Fsp3) is 1.00. The number of rotatable bonds is 3. The smallest absolute Gasteiger partial charge is 0.203 e. The summed E-state index contributed by atoms with van der Waals surface area (Å²) >= 11 is 0. The molecule has 0 aromatic rings. The first-order chi connectivity index (χ1) is 5.44. The minimum atomic E-state index is -6.06. The van der Waals surface area contributed by atoms with Crippen LogP contribution in [0.5, 0.6) is 0 Å². The molecule has 88 valence electrons. The van der Waals surface area contributed by atoms with E-state index in [0.717, 1.165) is 0 Å². The van der Waals surface area contributed by atoms with Gasteiger partial charge in [-0.15, -0.1) is 24.0 Å². The van der Waals surface area contributed by atoms with Gasteiger partial charge in [0.15, 0.2) is 0 Å². The van der Waals surface area contributed by atoms with Crippen LogP contribution in [0.25, 0.3) is 0 Å². The minimum absolute atomic E-state index is 0. The highest BCUT2D eigenvalue weighted by Gasteiger charge is 2.73. The molecule has 14 heavy (non-hydrogen) atoms. The molecule has 0 atom stereocenters. The van der Waals surface area contributed by atoms with Crippen molar-refractivity contribution in [1.29, 1.82) is 0 Å². The van der Waals surface area contributed by atoms with E-state index in [1.54, 1.807) is 0 Å². The van der Waals surface area contributed by atoms with Gasteiger partial charge in [-0.2, -0.15) is 26.3 Å². The topological polar surface area (TPSA) is 0 Å². The molecule has 0 unspecified atom stereocenters. The van der Waals surface area contributed by atoms with Gasteiger partial charge >= 0.3 is 24.2 Å². The molecule has 0 saturated heterocycles. The highest BCUT2D eigenvalue weighted by Crippen LogP contribution is 2.47. The molecule has 0 radical (unpaired) electrons. The van der Waals surface area contributed by atoms with E-state index in [4.69, 9.17) is 0 Å². The van der Waals surface area contributed by atoms with E-state index < -0.39 is 31.1 Å². The predicted octanol–water partition coefficient (Wildman–Crippen LogP) is 3.80. The monoisotopic (exact) mass is 344 g/mol. The van der Waals surface area contributed by atoms with Crippen molar-refractivity contribution < 1.29 is 35.1 Å². The van der Waals surface area contributed by atoms with Crippen molar-refractivity contribution in [2.24, 2.45) is 0 Å². The lowest BCUT2D eigenvalue weighted by atomic mass is 10.1. The summed E-state index contributed by atoms with van der Waals surface area (Å²) in [5.41, 5.74) is 0. The lowest BCUT2D eigenvalue weighted by molar-refractivity contribution is -0.333. The largest absolute Gasteiger partial charge is 0.377 e. The Hall–Kier alpha value is 0.170. The summed E-state index contributed by atoms with van der Waals surface area (Å²) in [5.74, 6) is -17.3. The Kier molecular flexibility index (Phi) is 5.16. The first-order valence-electron chi connectivity index (χ1n) is 2.86. The van der Waals surface area contributed by atoms with E-state index in [1.165, 1.54) is 0 Å². The second-order valence-corrected chi connectivity index (χ2v) is 2.39. The molecule has 0 fully saturated rings. The van der Waals surface area contributed by atoms with Crippen LogP contribution in [0.2, 0.25) is 0 Å². The number of alkyl halides is 8. The zero-order valence-corrected chi connectivity index (χ0v) is 8.84. The predicted molar refractivity (Wildman–Crippen MR) is 41.9 cm³/mol. The van der Waals surface area contributed by atoms with Crippen LogP contribution in [0.1, 0.15) is 6.92 Å². The summed E-state index contributed by atoms with van der Waals surface area (Å²) in [6, 6.07) is 0. The van der Waals surface area contributed by atoms with Crippen molar-refractivity contribution >= 4 is 24.0 Å². The first kappa shape index (κ1) is 16.6. The molecule has 0 aliphatic carbocycles. The Morgan fingerprint density at radius 1 is 0.857 bits per heavy atom. The van der Waals surface area contributed by atoms with E-state index in [2.05, 4.69) is 0 Å². The van der Waals surface area contributed by atoms with Crippen LogP contribution in [0.3, 0.4) is 0 Å². The van der Waals surface area contributed by atoms with Crippen LogP contribution in [0, 0.1) is 0 Å². The van der Waals surface area contributed by atoms with Crippen LogP contribution < -0.4 is 0 Å². The maximum absolute atomic E-state index is 12.0. The number of hydrogen-bond acceptors (Lipinski definition) is 0. The number of hydrogen-bond donors (Lipinski definition) is 0. The fourth-order valence-corrected chi connectivity index (χ4v) is 0.430. The van der Waals surface area contributed by atoms with Gasteiger partial charge in [-0.1, -0.05) is 0 Å². The van der Waals surface area contributed by atoms with E-state index >= 15 is 0 Å². The normalized spacial score (nSPS) is 14.1. The molecule has 0 N–H and O–H groups in total. The lowest BCUT2D eigenvalue weighted by Gasteiger charge is -2.29. The van der Waals surface area contributed by atoms with Gasteiger partial charge in [0.25, 0.3) is 0 Å². The quantitative estimate of drug-likeness (QED) is 0.540. The molecule has 9 heteroatoms. The van der Waals surface area contributed by atoms with Gasteiger partial charge in [-0.25, -0.2) is 8.78 Å². The Bertz CT molecular complexity index is 183. The van der Waals surface area contributed by atoms with Crippen molar-refractivity contribution in [3.63, 3.8) is 0 Å². The van der Waals surface area contributed by atoms with Crippen LogP contribution >= 0.6 is 24.0 Å². The average Bonchev–Trinajstić information content (AvgIpc) is 1.84. The highest BCUT2D eigenvalue weighted by atomic mass is 127. The SMILES string of the molecule is CC(F)(F)C(F)(F)C(F)(F)C(F)F.I. The Morgan fingerprint density at radius 2 is 1.14 bits per heavy atom. The average molecular weight is 344 g/mol. The summed E-state index contributed by atoms with van der Waals surface area (Å²) in [6.45, 7) is -0.552. The van der Waals surface area contributed by atoms with E-state index in [-0.39, 0.29) is 24.0 Å². The van der Waals surface area contributed by atoms with Crippen molar-refractivity contribution in [3.8, 4) is 0 Å². The van der Waals surface area contributed by atoms with Crippen molar-refractivity contribution in [2.45, 2.75) is 31.1 Å². The van der Waals surface area contributed by atoms with Gasteiger partial charge in [0.2, 0.25) is 0 Å². The first-order valence-corrected chi connectivity index (χ1v) is 2.86. The summed E-state index contributed by atoms with van der Waals surface area (Å²) < 4.78 is 93.8. The van der Waals surface area contributed by atoms with E-state index in [9.17, 15) is 35.1 Å². The van der Waals surface area contributed by atoms with Crippen LogP contribution in [-0.4, -0.2) is 24.2 Å². The highest BCUT2D eigenvalue weighted by molar-refractivity contribution is 14.0. The van der Waals surface area contributed by atoms with Crippen LogP contribution in [-0.2, 0) is 0 Å². The van der Waals surface area contributed by atoms with Gasteiger partial charge in [-0.05, 0) is 0 Å². The van der Waals surface area contributed by atoms with Gasteiger partial charge in [0.05, 0.1) is 0 Å². The standard InChI is InChI=1S/C5H4F8.HI/c1-3(8,9)5(12,13)4(10,11)2(6)7;/h2H,1H3;1H. The molecular weight excluding hydrogens is 339 g/mol. The molecular formula is C5H5F8I. The van der Waals surface area contributed by atoms with Gasteiger partial charge in [0.1, 0.15) is 0 Å². The Morgan fingerprint density at radius 3 is 1.21 bits per heavy atom. The molecule has 0 bridgehead atoms. The minimum Gasteiger partial charge on any atom is -0.203 e. The fourth-order valence-electron chi connectivity index (χ4n) is 0.430. The van der Waals surface area contributed by atoms with Crippen molar-refractivity contribution in [1.82, 2.24) is 0 Å². The zero-order valence-electron chi connectivity index (χ0n) is 6.51. The molecule has 0 amide bonds. The molecule has 0 saturated carbocycles. The Balaban J connectivity index is 0. The third-order valence-electron chi connectivity index (χ3n) is 1.24. The third-order valence-corrected chi connectivity index (χ3v) is 1.24. The molecule has 0 rings (SSSR count). The Labute approximate surface area is 90.7 Å². The molecule has 0 aliphatic heterocycles. The molecule has 0 nitrogen and oxygen atoms in total. The molecule has 0 spiro atoms. The maximum atomic E-state index is 12.0. The van der Waals surface area contributed by atoms with Gasteiger partial charge < -0.3 is 0 Å². The summed E-state index contributed by atoms with van der Waals surface area (Å²) in [4.78, 5) is 0. The number of halogens is 9. The van der Waals surface area contributed by atoms with Gasteiger partial charge in [0, 0.05) is 6.92 Å². The summed E-state index contributed by atoms with van der Waals surface area (Å²) in [7, 11) is 0. The maximum Gasteiger partial charge on any atom is 0.377 e. The van der Waals surface area contributed by atoms with E-state index in [0.29, 0.717) is 0 Å². The van der Waals surface area contributed by atoms with Crippen molar-refractivity contribution in [2.75, 3.05) is 0 Å². The molecule has 0 aromatic heterocycles. The zero-order chi connectivity index (χ0) is 11.1. The molecule has 0 heterocycles. The summed E-state index contributed by atoms with van der Waals surface area (Å²) in [6.07, 6.45) is -4.84. The third kappa shape index (κ3) is 2.60. The lowest BCUT2D eigenvalue weighted by Crippen LogP contribution is -2.56.